The molecule has 148 valence electrons. The Bertz CT molecular complexity index is 1030. The number of hydrogen-bond acceptors (Lipinski definition) is 4. The van der Waals surface area contributed by atoms with Crippen molar-refractivity contribution in [1.82, 2.24) is 5.32 Å². The van der Waals surface area contributed by atoms with Crippen LogP contribution in [0.4, 0.5) is 5.69 Å². The van der Waals surface area contributed by atoms with E-state index in [0.29, 0.717) is 10.6 Å². The molecule has 0 bridgehead atoms. The third kappa shape index (κ3) is 5.28. The minimum absolute atomic E-state index is 0.0942. The van der Waals surface area contributed by atoms with Gasteiger partial charge in [0.2, 0.25) is 11.8 Å². The van der Waals surface area contributed by atoms with Crippen molar-refractivity contribution < 1.29 is 9.59 Å². The Labute approximate surface area is 182 Å². The number of carbonyl (C=O) groups is 2. The van der Waals surface area contributed by atoms with Gasteiger partial charge >= 0.3 is 0 Å². The summed E-state index contributed by atoms with van der Waals surface area (Å²) in [6, 6.07) is 15.7. The number of nitriles is 1. The van der Waals surface area contributed by atoms with Crippen LogP contribution in [0.25, 0.3) is 0 Å². The number of thioether (sulfide) groups is 1. The Kier molecular flexibility index (Phi) is 6.78. The maximum absolute atomic E-state index is 12.4. The fraction of sp³-hybridized carbons (Fsp3) is 0.227. The van der Waals surface area contributed by atoms with Crippen LogP contribution < -0.4 is 10.6 Å². The highest BCUT2D eigenvalue weighted by atomic mass is 79.9. The van der Waals surface area contributed by atoms with Crippen molar-refractivity contribution in [2.24, 2.45) is 0 Å². The molecule has 3 rings (SSSR count). The van der Waals surface area contributed by atoms with E-state index < -0.39 is 0 Å². The molecule has 1 aliphatic heterocycles. The molecule has 0 spiro atoms. The first kappa shape index (κ1) is 21.2. The third-order valence-corrected chi connectivity index (χ3v) is 6.16. The molecule has 2 aromatic rings. The molecule has 29 heavy (non-hydrogen) atoms. The summed E-state index contributed by atoms with van der Waals surface area (Å²) in [5.41, 5.74) is 4.21. The summed E-state index contributed by atoms with van der Waals surface area (Å²) in [6.07, 6.45) is 0.223. The third-order valence-electron chi connectivity index (χ3n) is 4.65. The predicted molar refractivity (Wildman–Crippen MR) is 119 cm³/mol. The van der Waals surface area contributed by atoms with Gasteiger partial charge in [0, 0.05) is 22.5 Å². The Hall–Kier alpha value is -2.56. The van der Waals surface area contributed by atoms with Crippen LogP contribution in [0.15, 0.2) is 57.5 Å². The number of nitrogens with one attached hydrogen (secondary N) is 2. The number of halogens is 1. The average molecular weight is 470 g/mol. The van der Waals surface area contributed by atoms with Gasteiger partial charge in [-0.05, 0) is 43.2 Å². The Morgan fingerprint density at radius 2 is 2.00 bits per heavy atom. The second-order valence-electron chi connectivity index (χ2n) is 6.87. The predicted octanol–water partition coefficient (Wildman–Crippen LogP) is 4.78. The molecule has 1 aliphatic rings. The molecule has 0 aromatic heterocycles. The molecule has 0 saturated carbocycles. The molecule has 0 fully saturated rings. The van der Waals surface area contributed by atoms with Crippen LogP contribution in [0.3, 0.4) is 0 Å². The zero-order valence-electron chi connectivity index (χ0n) is 16.1. The molecule has 0 saturated heterocycles. The van der Waals surface area contributed by atoms with E-state index in [2.05, 4.69) is 32.6 Å². The molecule has 2 amide bonds. The Morgan fingerprint density at radius 3 is 2.66 bits per heavy atom. The van der Waals surface area contributed by atoms with E-state index in [1.807, 2.05) is 56.3 Å². The molecule has 2 N–H and O–H groups in total. The molecule has 2 aromatic carbocycles. The molecular formula is C22H20BrN3O2S. The van der Waals surface area contributed by atoms with Crippen molar-refractivity contribution in [3.05, 3.63) is 74.2 Å². The van der Waals surface area contributed by atoms with Crippen molar-refractivity contribution in [3.63, 3.8) is 0 Å². The van der Waals surface area contributed by atoms with Crippen LogP contribution in [-0.4, -0.2) is 17.6 Å². The minimum Gasteiger partial charge on any atom is -0.325 e. The lowest BCUT2D eigenvalue weighted by molar-refractivity contribution is -0.121. The van der Waals surface area contributed by atoms with E-state index in [1.165, 1.54) is 11.8 Å². The smallest absolute Gasteiger partial charge is 0.234 e. The van der Waals surface area contributed by atoms with E-state index in [4.69, 9.17) is 0 Å². The zero-order valence-corrected chi connectivity index (χ0v) is 18.5. The standard InChI is InChI=1S/C22H20BrN3O2S/c1-13-3-5-15(6-4-13)17-10-20(27)26-22(18(17)11-24)29-12-21(28)25-19-8-7-16(23)9-14(19)2/h3-9,17H,10,12H2,1-2H3,(H,25,28)(H,26,27)/t17-/m1/s1. The van der Waals surface area contributed by atoms with Crippen molar-refractivity contribution in [2.45, 2.75) is 26.2 Å². The van der Waals surface area contributed by atoms with Crippen molar-refractivity contribution in [3.8, 4) is 6.07 Å². The summed E-state index contributed by atoms with van der Waals surface area (Å²) in [7, 11) is 0. The van der Waals surface area contributed by atoms with E-state index in [1.54, 1.807) is 0 Å². The Balaban J connectivity index is 1.75. The van der Waals surface area contributed by atoms with E-state index in [9.17, 15) is 14.9 Å². The topological polar surface area (TPSA) is 82.0 Å². The van der Waals surface area contributed by atoms with Crippen LogP contribution >= 0.6 is 27.7 Å². The number of carbonyl (C=O) groups excluding carboxylic acids is 2. The van der Waals surface area contributed by atoms with Crippen LogP contribution in [0.5, 0.6) is 0 Å². The van der Waals surface area contributed by atoms with Crippen LogP contribution in [0.1, 0.15) is 29.0 Å². The highest BCUT2D eigenvalue weighted by molar-refractivity contribution is 9.10. The fourth-order valence-electron chi connectivity index (χ4n) is 3.11. The number of rotatable bonds is 5. The van der Waals surface area contributed by atoms with Crippen LogP contribution in [0, 0.1) is 25.2 Å². The monoisotopic (exact) mass is 469 g/mol. The van der Waals surface area contributed by atoms with Gasteiger partial charge in [0.25, 0.3) is 0 Å². The molecule has 7 heteroatoms. The van der Waals surface area contributed by atoms with Gasteiger partial charge < -0.3 is 10.6 Å². The summed E-state index contributed by atoms with van der Waals surface area (Å²) in [5, 5.41) is 15.8. The minimum atomic E-state index is -0.298. The van der Waals surface area contributed by atoms with Gasteiger partial charge in [-0.25, -0.2) is 0 Å². The van der Waals surface area contributed by atoms with E-state index in [0.717, 1.165) is 26.9 Å². The molecule has 1 heterocycles. The lowest BCUT2D eigenvalue weighted by Crippen LogP contribution is -2.31. The molecule has 0 radical (unpaired) electrons. The van der Waals surface area contributed by atoms with Gasteiger partial charge in [0.05, 0.1) is 22.4 Å². The Morgan fingerprint density at radius 1 is 1.28 bits per heavy atom. The molecule has 1 atom stereocenters. The highest BCUT2D eigenvalue weighted by Crippen LogP contribution is 2.36. The maximum atomic E-state index is 12.4. The highest BCUT2D eigenvalue weighted by Gasteiger charge is 2.29. The van der Waals surface area contributed by atoms with Gasteiger partial charge in [0.1, 0.15) is 0 Å². The number of hydrogen-bond donors (Lipinski definition) is 2. The van der Waals surface area contributed by atoms with E-state index >= 15 is 0 Å². The summed E-state index contributed by atoms with van der Waals surface area (Å²) < 4.78 is 0.943. The first-order chi connectivity index (χ1) is 13.9. The maximum Gasteiger partial charge on any atom is 0.234 e. The van der Waals surface area contributed by atoms with Crippen molar-refractivity contribution in [2.75, 3.05) is 11.1 Å². The van der Waals surface area contributed by atoms with Crippen molar-refractivity contribution in [1.29, 1.82) is 5.26 Å². The van der Waals surface area contributed by atoms with Gasteiger partial charge in [0.15, 0.2) is 0 Å². The average Bonchev–Trinajstić information content (AvgIpc) is 2.68. The molecular weight excluding hydrogens is 450 g/mol. The zero-order chi connectivity index (χ0) is 21.0. The quantitative estimate of drug-likeness (QED) is 0.659. The van der Waals surface area contributed by atoms with Crippen molar-refractivity contribution >= 4 is 45.2 Å². The number of anilines is 1. The summed E-state index contributed by atoms with van der Waals surface area (Å²) >= 11 is 4.58. The van der Waals surface area contributed by atoms with Gasteiger partial charge in [-0.1, -0.05) is 57.5 Å². The van der Waals surface area contributed by atoms with Gasteiger partial charge in [-0.3, -0.25) is 9.59 Å². The largest absolute Gasteiger partial charge is 0.325 e. The summed E-state index contributed by atoms with van der Waals surface area (Å²) in [6.45, 7) is 3.91. The van der Waals surface area contributed by atoms with Crippen LogP contribution in [-0.2, 0) is 9.59 Å². The second kappa shape index (κ2) is 9.29. The number of allylic oxidation sites excluding steroid dienone is 1. The number of benzene rings is 2. The number of amides is 2. The lowest BCUT2D eigenvalue weighted by atomic mass is 9.87. The molecule has 0 unspecified atom stereocenters. The normalized spacial score (nSPS) is 16.2. The lowest BCUT2D eigenvalue weighted by Gasteiger charge is -2.25. The van der Waals surface area contributed by atoms with Crippen LogP contribution in [0.2, 0.25) is 0 Å². The van der Waals surface area contributed by atoms with Gasteiger partial charge in [-0.15, -0.1) is 0 Å². The second-order valence-corrected chi connectivity index (χ2v) is 8.77. The van der Waals surface area contributed by atoms with E-state index in [-0.39, 0.29) is 29.9 Å². The summed E-state index contributed by atoms with van der Waals surface area (Å²) in [5.74, 6) is -0.552. The number of aryl methyl sites for hydroxylation is 2. The first-order valence-corrected chi connectivity index (χ1v) is 10.8. The number of nitrogens with zero attached hydrogens (tertiary/aromatic N) is 1. The van der Waals surface area contributed by atoms with Gasteiger partial charge in [-0.2, -0.15) is 5.26 Å². The first-order valence-electron chi connectivity index (χ1n) is 9.07. The SMILES string of the molecule is Cc1ccc([C@H]2CC(=O)NC(SCC(=O)Nc3ccc(Br)cc3C)=C2C#N)cc1. The molecule has 0 aliphatic carbocycles. The molecule has 5 nitrogen and oxygen atoms in total. The summed E-state index contributed by atoms with van der Waals surface area (Å²) in [4.78, 5) is 24.6. The fourth-order valence-corrected chi connectivity index (χ4v) is 4.46.